The van der Waals surface area contributed by atoms with Crippen LogP contribution in [0.4, 0.5) is 5.69 Å². The quantitative estimate of drug-likeness (QED) is 0.698. The van der Waals surface area contributed by atoms with Crippen LogP contribution in [0.25, 0.3) is 0 Å². The van der Waals surface area contributed by atoms with Crippen LogP contribution in [0.5, 0.6) is 0 Å². The zero-order chi connectivity index (χ0) is 21.8. The molecule has 0 saturated heterocycles. The first-order valence-electron chi connectivity index (χ1n) is 10.0. The van der Waals surface area contributed by atoms with Crippen LogP contribution in [0.15, 0.2) is 42.5 Å². The van der Waals surface area contributed by atoms with E-state index in [9.17, 15) is 13.2 Å². The van der Waals surface area contributed by atoms with Crippen molar-refractivity contribution in [1.82, 2.24) is 5.32 Å². The molecule has 0 heterocycles. The third kappa shape index (κ3) is 5.60. The van der Waals surface area contributed by atoms with E-state index in [0.717, 1.165) is 29.4 Å². The number of nitrogens with one attached hydrogen (secondary N) is 1. The lowest BCUT2D eigenvalue weighted by molar-refractivity contribution is -0.122. The molecular formula is C23H32N2O3S. The predicted octanol–water partition coefficient (Wildman–Crippen LogP) is 4.29. The second-order valence-electron chi connectivity index (χ2n) is 7.58. The van der Waals surface area contributed by atoms with E-state index in [-0.39, 0.29) is 11.9 Å². The maximum Gasteiger partial charge on any atom is 0.244 e. The third-order valence-electron chi connectivity index (χ3n) is 5.21. The molecule has 1 N–H and O–H groups in total. The van der Waals surface area contributed by atoms with Gasteiger partial charge in [-0.15, -0.1) is 0 Å². The Kier molecular flexibility index (Phi) is 7.47. The summed E-state index contributed by atoms with van der Waals surface area (Å²) in [5.41, 5.74) is 4.93. The van der Waals surface area contributed by atoms with Crippen LogP contribution < -0.4 is 9.62 Å². The van der Waals surface area contributed by atoms with Crippen molar-refractivity contribution < 1.29 is 13.2 Å². The molecule has 0 radical (unpaired) electrons. The summed E-state index contributed by atoms with van der Waals surface area (Å²) in [6.45, 7) is 9.73. The van der Waals surface area contributed by atoms with E-state index in [1.54, 1.807) is 19.1 Å². The van der Waals surface area contributed by atoms with Crippen LogP contribution in [-0.2, 0) is 21.2 Å². The maximum atomic E-state index is 13.0. The lowest BCUT2D eigenvalue weighted by atomic mass is 9.97. The van der Waals surface area contributed by atoms with Gasteiger partial charge in [-0.25, -0.2) is 8.42 Å². The van der Waals surface area contributed by atoms with E-state index in [4.69, 9.17) is 0 Å². The van der Waals surface area contributed by atoms with Gasteiger partial charge in [0.25, 0.3) is 0 Å². The van der Waals surface area contributed by atoms with Crippen molar-refractivity contribution in [3.63, 3.8) is 0 Å². The van der Waals surface area contributed by atoms with Crippen LogP contribution in [0, 0.1) is 13.8 Å². The first-order chi connectivity index (χ1) is 13.6. The van der Waals surface area contributed by atoms with Crippen LogP contribution in [0.2, 0.25) is 0 Å². The monoisotopic (exact) mass is 416 g/mol. The molecule has 6 heteroatoms. The Morgan fingerprint density at radius 1 is 1.07 bits per heavy atom. The summed E-state index contributed by atoms with van der Waals surface area (Å²) in [5, 5.41) is 3.04. The molecule has 2 aromatic carbocycles. The van der Waals surface area contributed by atoms with Gasteiger partial charge in [0.2, 0.25) is 15.9 Å². The zero-order valence-electron chi connectivity index (χ0n) is 18.2. The summed E-state index contributed by atoms with van der Waals surface area (Å²) in [5.74, 6) is -0.318. The van der Waals surface area contributed by atoms with E-state index in [0.29, 0.717) is 12.1 Å². The van der Waals surface area contributed by atoms with Crippen LogP contribution in [-0.4, -0.2) is 26.6 Å². The van der Waals surface area contributed by atoms with E-state index in [1.165, 1.54) is 9.87 Å². The Labute approximate surface area is 175 Å². The lowest BCUT2D eigenvalue weighted by Gasteiger charge is -2.30. The minimum atomic E-state index is -3.63. The Hall–Kier alpha value is -2.34. The van der Waals surface area contributed by atoms with Crippen molar-refractivity contribution in [1.29, 1.82) is 0 Å². The van der Waals surface area contributed by atoms with Crippen LogP contribution >= 0.6 is 0 Å². The minimum absolute atomic E-state index is 0.172. The number of amides is 1. The van der Waals surface area contributed by atoms with Crippen LogP contribution in [0.1, 0.15) is 55.5 Å². The minimum Gasteiger partial charge on any atom is -0.347 e. The molecule has 2 atom stereocenters. The molecule has 0 aliphatic rings. The average molecular weight is 417 g/mol. The van der Waals surface area contributed by atoms with Gasteiger partial charge in [0, 0.05) is 0 Å². The highest BCUT2D eigenvalue weighted by Gasteiger charge is 2.30. The highest BCUT2D eigenvalue weighted by Crippen LogP contribution is 2.25. The molecule has 1 amide bonds. The largest absolute Gasteiger partial charge is 0.347 e. The number of hydrogen-bond donors (Lipinski definition) is 1. The molecule has 29 heavy (non-hydrogen) atoms. The van der Waals surface area contributed by atoms with Crippen molar-refractivity contribution in [2.45, 2.75) is 59.5 Å². The molecule has 0 saturated carbocycles. The average Bonchev–Trinajstić information content (AvgIpc) is 2.66. The molecule has 2 rings (SSSR count). The first-order valence-corrected chi connectivity index (χ1v) is 11.9. The van der Waals surface area contributed by atoms with Gasteiger partial charge in [0.1, 0.15) is 6.04 Å². The first kappa shape index (κ1) is 22.9. The molecule has 5 nitrogen and oxygen atoms in total. The second kappa shape index (κ2) is 9.44. The van der Waals surface area contributed by atoms with E-state index in [2.05, 4.69) is 11.4 Å². The summed E-state index contributed by atoms with van der Waals surface area (Å²) in [6.07, 6.45) is 2.71. The smallest absolute Gasteiger partial charge is 0.244 e. The van der Waals surface area contributed by atoms with E-state index >= 15 is 0 Å². The predicted molar refractivity (Wildman–Crippen MR) is 120 cm³/mol. The van der Waals surface area contributed by atoms with Crippen molar-refractivity contribution in [2.75, 3.05) is 10.6 Å². The van der Waals surface area contributed by atoms with Gasteiger partial charge in [0.05, 0.1) is 18.0 Å². The SMILES string of the molecule is CCc1ccc(N([C@@H](C)C(=O)N[C@@H](CC)c2ccc(C)cc2C)S(C)(=O)=O)cc1. The lowest BCUT2D eigenvalue weighted by Crippen LogP contribution is -2.48. The molecule has 0 aliphatic carbocycles. The fourth-order valence-corrected chi connectivity index (χ4v) is 4.77. The summed E-state index contributed by atoms with van der Waals surface area (Å²) in [4.78, 5) is 13.0. The van der Waals surface area contributed by atoms with Gasteiger partial charge in [-0.1, -0.05) is 49.7 Å². The highest BCUT2D eigenvalue weighted by molar-refractivity contribution is 7.92. The fourth-order valence-electron chi connectivity index (χ4n) is 3.60. The molecule has 158 valence electrons. The highest BCUT2D eigenvalue weighted by atomic mass is 32.2. The molecule has 0 aliphatic heterocycles. The summed E-state index contributed by atoms with van der Waals surface area (Å²) < 4.78 is 26.2. The van der Waals surface area contributed by atoms with Gasteiger partial charge in [-0.3, -0.25) is 9.10 Å². The number of anilines is 1. The molecule has 0 spiro atoms. The molecule has 0 unspecified atom stereocenters. The Bertz CT molecular complexity index is 953. The zero-order valence-corrected chi connectivity index (χ0v) is 19.0. The standard InChI is InChI=1S/C23H32N2O3S/c1-7-19-10-12-20(13-11-19)25(29(6,27)28)18(5)23(26)24-22(8-2)21-14-9-16(3)15-17(21)4/h9-15,18,22H,7-8H2,1-6H3,(H,24,26)/t18-,22-/m0/s1. The molecule has 0 bridgehead atoms. The summed E-state index contributed by atoms with van der Waals surface area (Å²) >= 11 is 0. The number of aryl methyl sites for hydroxylation is 3. The van der Waals surface area contributed by atoms with Crippen molar-refractivity contribution in [3.8, 4) is 0 Å². The molecule has 0 fully saturated rings. The fraction of sp³-hybridized carbons (Fsp3) is 0.435. The van der Waals surface area contributed by atoms with Gasteiger partial charge < -0.3 is 5.32 Å². The number of benzene rings is 2. The molecule has 2 aromatic rings. The topological polar surface area (TPSA) is 66.5 Å². The van der Waals surface area contributed by atoms with Crippen molar-refractivity contribution >= 4 is 21.6 Å². The van der Waals surface area contributed by atoms with Gasteiger partial charge in [0.15, 0.2) is 0 Å². The van der Waals surface area contributed by atoms with Crippen molar-refractivity contribution in [2.24, 2.45) is 0 Å². The Morgan fingerprint density at radius 3 is 2.17 bits per heavy atom. The normalized spacial score (nSPS) is 13.6. The third-order valence-corrected chi connectivity index (χ3v) is 6.45. The summed E-state index contributed by atoms with van der Waals surface area (Å²) in [6, 6.07) is 12.4. The number of sulfonamides is 1. The number of hydrogen-bond acceptors (Lipinski definition) is 3. The van der Waals surface area contributed by atoms with Crippen molar-refractivity contribution in [3.05, 3.63) is 64.7 Å². The van der Waals surface area contributed by atoms with Gasteiger partial charge in [-0.2, -0.15) is 0 Å². The number of carbonyl (C=O) groups excluding carboxylic acids is 1. The molecule has 0 aromatic heterocycles. The Morgan fingerprint density at radius 2 is 1.69 bits per heavy atom. The summed E-state index contributed by atoms with van der Waals surface area (Å²) in [7, 11) is -3.63. The number of rotatable bonds is 8. The van der Waals surface area contributed by atoms with E-state index in [1.807, 2.05) is 52.0 Å². The van der Waals surface area contributed by atoms with Gasteiger partial charge >= 0.3 is 0 Å². The Balaban J connectivity index is 2.30. The second-order valence-corrected chi connectivity index (χ2v) is 9.44. The molecular weight excluding hydrogens is 384 g/mol. The van der Waals surface area contributed by atoms with Gasteiger partial charge in [-0.05, 0) is 62.4 Å². The maximum absolute atomic E-state index is 13.0. The van der Waals surface area contributed by atoms with E-state index < -0.39 is 16.1 Å². The van der Waals surface area contributed by atoms with Crippen LogP contribution in [0.3, 0.4) is 0 Å². The number of nitrogens with zero attached hydrogens (tertiary/aromatic N) is 1. The number of carbonyl (C=O) groups is 1.